The Labute approximate surface area is 166 Å². The van der Waals surface area contributed by atoms with Gasteiger partial charge in [0.2, 0.25) is 5.91 Å². The lowest BCUT2D eigenvalue weighted by atomic mass is 10.0. The number of nitrogens with one attached hydrogen (secondary N) is 1. The molecule has 136 valence electrons. The van der Waals surface area contributed by atoms with Gasteiger partial charge in [-0.1, -0.05) is 39.7 Å². The molecule has 6 heteroatoms. The minimum Gasteiger partial charge on any atom is -0.353 e. The molecule has 0 bridgehead atoms. The van der Waals surface area contributed by atoms with Gasteiger partial charge in [0, 0.05) is 34.2 Å². The van der Waals surface area contributed by atoms with Crippen LogP contribution in [0.5, 0.6) is 0 Å². The van der Waals surface area contributed by atoms with Crippen LogP contribution in [0.15, 0.2) is 53.0 Å². The fourth-order valence-corrected chi connectivity index (χ4v) is 3.46. The SMILES string of the molecule is O=C(Cc1ccc(Cl)cc1)NC1CCN(C(=O)c2ccc(Br)cc2)CC1. The largest absolute Gasteiger partial charge is 0.353 e. The van der Waals surface area contributed by atoms with Crippen molar-refractivity contribution < 1.29 is 9.59 Å². The Balaban J connectivity index is 1.47. The number of likely N-dealkylation sites (tertiary alicyclic amines) is 1. The van der Waals surface area contributed by atoms with Crippen LogP contribution in [0.4, 0.5) is 0 Å². The summed E-state index contributed by atoms with van der Waals surface area (Å²) >= 11 is 9.24. The van der Waals surface area contributed by atoms with E-state index in [1.165, 1.54) is 0 Å². The van der Waals surface area contributed by atoms with Crippen molar-refractivity contribution in [3.8, 4) is 0 Å². The lowest BCUT2D eigenvalue weighted by Gasteiger charge is -2.32. The van der Waals surface area contributed by atoms with Gasteiger partial charge >= 0.3 is 0 Å². The number of amides is 2. The Kier molecular flexibility index (Phi) is 6.33. The summed E-state index contributed by atoms with van der Waals surface area (Å²) in [5.41, 5.74) is 1.63. The number of carbonyl (C=O) groups is 2. The van der Waals surface area contributed by atoms with Gasteiger partial charge in [-0.25, -0.2) is 0 Å². The Morgan fingerprint density at radius 2 is 1.65 bits per heavy atom. The predicted octanol–water partition coefficient (Wildman–Crippen LogP) is 4.07. The van der Waals surface area contributed by atoms with E-state index < -0.39 is 0 Å². The summed E-state index contributed by atoms with van der Waals surface area (Å²) in [6.07, 6.45) is 1.89. The summed E-state index contributed by atoms with van der Waals surface area (Å²) in [5.74, 6) is 0.0495. The molecule has 0 saturated carbocycles. The summed E-state index contributed by atoms with van der Waals surface area (Å²) in [6.45, 7) is 1.31. The molecule has 0 aliphatic carbocycles. The summed E-state index contributed by atoms with van der Waals surface area (Å²) < 4.78 is 0.955. The van der Waals surface area contributed by atoms with Crippen LogP contribution in [0.3, 0.4) is 0 Å². The molecular weight excluding hydrogens is 416 g/mol. The molecule has 2 amide bonds. The van der Waals surface area contributed by atoms with E-state index in [0.29, 0.717) is 30.1 Å². The van der Waals surface area contributed by atoms with Gasteiger partial charge in [-0.2, -0.15) is 0 Å². The van der Waals surface area contributed by atoms with Gasteiger partial charge in [0.05, 0.1) is 6.42 Å². The second-order valence-corrected chi connectivity index (χ2v) is 7.80. The third-order valence-corrected chi connectivity index (χ3v) is 5.30. The van der Waals surface area contributed by atoms with E-state index in [1.54, 1.807) is 12.1 Å². The first kappa shape index (κ1) is 18.9. The van der Waals surface area contributed by atoms with E-state index in [-0.39, 0.29) is 17.9 Å². The van der Waals surface area contributed by atoms with Crippen LogP contribution in [0.25, 0.3) is 0 Å². The standard InChI is InChI=1S/C20H20BrClN2O2/c21-16-5-3-15(4-6-16)20(26)24-11-9-18(10-12-24)23-19(25)13-14-1-7-17(22)8-2-14/h1-8,18H,9-13H2,(H,23,25). The number of nitrogens with zero attached hydrogens (tertiary/aromatic N) is 1. The molecule has 1 aliphatic heterocycles. The van der Waals surface area contributed by atoms with Crippen molar-refractivity contribution in [1.29, 1.82) is 0 Å². The first-order valence-electron chi connectivity index (χ1n) is 8.60. The maximum atomic E-state index is 12.5. The van der Waals surface area contributed by atoms with E-state index in [9.17, 15) is 9.59 Å². The molecule has 4 nitrogen and oxygen atoms in total. The zero-order chi connectivity index (χ0) is 18.5. The highest BCUT2D eigenvalue weighted by atomic mass is 79.9. The molecule has 1 aliphatic rings. The second-order valence-electron chi connectivity index (χ2n) is 6.44. The topological polar surface area (TPSA) is 49.4 Å². The number of piperidine rings is 1. The van der Waals surface area contributed by atoms with Gasteiger partial charge in [0.25, 0.3) is 5.91 Å². The van der Waals surface area contributed by atoms with E-state index in [4.69, 9.17) is 11.6 Å². The van der Waals surface area contributed by atoms with Crippen LogP contribution in [0.2, 0.25) is 5.02 Å². The smallest absolute Gasteiger partial charge is 0.253 e. The van der Waals surface area contributed by atoms with Crippen molar-refractivity contribution in [3.63, 3.8) is 0 Å². The third kappa shape index (κ3) is 5.08. The summed E-state index contributed by atoms with van der Waals surface area (Å²) in [4.78, 5) is 26.6. The Morgan fingerprint density at radius 3 is 2.27 bits per heavy atom. The monoisotopic (exact) mass is 434 g/mol. The molecule has 1 N–H and O–H groups in total. The number of hydrogen-bond acceptors (Lipinski definition) is 2. The molecule has 3 rings (SSSR count). The fraction of sp³-hybridized carbons (Fsp3) is 0.300. The predicted molar refractivity (Wildman–Crippen MR) is 106 cm³/mol. The van der Waals surface area contributed by atoms with Crippen molar-refractivity contribution >= 4 is 39.3 Å². The zero-order valence-electron chi connectivity index (χ0n) is 14.3. The number of benzene rings is 2. The van der Waals surface area contributed by atoms with Crippen molar-refractivity contribution in [2.45, 2.75) is 25.3 Å². The first-order valence-corrected chi connectivity index (χ1v) is 9.77. The molecule has 0 spiro atoms. The van der Waals surface area contributed by atoms with E-state index in [0.717, 1.165) is 22.9 Å². The van der Waals surface area contributed by atoms with Gasteiger partial charge in [0.15, 0.2) is 0 Å². The highest BCUT2D eigenvalue weighted by Crippen LogP contribution is 2.17. The molecular formula is C20H20BrClN2O2. The molecule has 2 aromatic rings. The summed E-state index contributed by atoms with van der Waals surface area (Å²) in [7, 11) is 0. The molecule has 0 unspecified atom stereocenters. The molecule has 0 aromatic heterocycles. The number of halogens is 2. The molecule has 1 heterocycles. The first-order chi connectivity index (χ1) is 12.5. The van der Waals surface area contributed by atoms with Gasteiger partial charge < -0.3 is 10.2 Å². The van der Waals surface area contributed by atoms with Crippen molar-refractivity contribution in [2.24, 2.45) is 0 Å². The summed E-state index contributed by atoms with van der Waals surface area (Å²) in [6, 6.07) is 14.8. The summed E-state index contributed by atoms with van der Waals surface area (Å²) in [5, 5.41) is 3.74. The lowest BCUT2D eigenvalue weighted by Crippen LogP contribution is -2.46. The highest BCUT2D eigenvalue weighted by molar-refractivity contribution is 9.10. The van der Waals surface area contributed by atoms with Crippen LogP contribution in [-0.4, -0.2) is 35.8 Å². The van der Waals surface area contributed by atoms with E-state index >= 15 is 0 Å². The average Bonchev–Trinajstić information content (AvgIpc) is 2.64. The van der Waals surface area contributed by atoms with Gasteiger partial charge in [-0.3, -0.25) is 9.59 Å². The highest BCUT2D eigenvalue weighted by Gasteiger charge is 2.24. The minimum atomic E-state index is 0.00464. The Morgan fingerprint density at radius 1 is 1.04 bits per heavy atom. The molecule has 0 atom stereocenters. The molecule has 1 fully saturated rings. The average molecular weight is 436 g/mol. The van der Waals surface area contributed by atoms with Crippen LogP contribution in [0, 0.1) is 0 Å². The Bertz CT molecular complexity index is 769. The molecule has 1 saturated heterocycles. The van der Waals surface area contributed by atoms with Crippen LogP contribution >= 0.6 is 27.5 Å². The van der Waals surface area contributed by atoms with Crippen molar-refractivity contribution in [1.82, 2.24) is 10.2 Å². The van der Waals surface area contributed by atoms with E-state index in [1.807, 2.05) is 41.3 Å². The third-order valence-electron chi connectivity index (χ3n) is 4.52. The number of carbonyl (C=O) groups excluding carboxylic acids is 2. The van der Waals surface area contributed by atoms with Gasteiger partial charge in [0.1, 0.15) is 0 Å². The van der Waals surface area contributed by atoms with Crippen molar-refractivity contribution in [3.05, 3.63) is 69.2 Å². The quantitative estimate of drug-likeness (QED) is 0.787. The normalized spacial score (nSPS) is 14.9. The lowest BCUT2D eigenvalue weighted by molar-refractivity contribution is -0.121. The van der Waals surface area contributed by atoms with Crippen molar-refractivity contribution in [2.75, 3.05) is 13.1 Å². The van der Waals surface area contributed by atoms with Gasteiger partial charge in [-0.15, -0.1) is 0 Å². The fourth-order valence-electron chi connectivity index (χ4n) is 3.07. The van der Waals surface area contributed by atoms with Crippen LogP contribution in [0.1, 0.15) is 28.8 Å². The van der Waals surface area contributed by atoms with E-state index in [2.05, 4.69) is 21.2 Å². The van der Waals surface area contributed by atoms with Crippen LogP contribution < -0.4 is 5.32 Å². The maximum absolute atomic E-state index is 12.5. The number of hydrogen-bond donors (Lipinski definition) is 1. The minimum absolute atomic E-state index is 0.00464. The molecule has 2 aromatic carbocycles. The van der Waals surface area contributed by atoms with Gasteiger partial charge in [-0.05, 0) is 54.8 Å². The molecule has 0 radical (unpaired) electrons. The Hall–Kier alpha value is -1.85. The molecule has 26 heavy (non-hydrogen) atoms. The second kappa shape index (κ2) is 8.69. The number of rotatable bonds is 4. The zero-order valence-corrected chi connectivity index (χ0v) is 16.6. The van der Waals surface area contributed by atoms with Crippen LogP contribution in [-0.2, 0) is 11.2 Å². The maximum Gasteiger partial charge on any atom is 0.253 e.